The number of aryl methyl sites for hydroxylation is 2. The smallest absolute Gasteiger partial charge is 0.154 e. The maximum absolute atomic E-state index is 4.74. The Morgan fingerprint density at radius 3 is 2.43 bits per heavy atom. The molecule has 114 valence electrons. The molecule has 0 atom stereocenters. The summed E-state index contributed by atoms with van der Waals surface area (Å²) in [7, 11) is 0. The fourth-order valence-electron chi connectivity index (χ4n) is 2.29. The Bertz CT molecular complexity index is 626. The summed E-state index contributed by atoms with van der Waals surface area (Å²) in [6.07, 6.45) is 0.931. The lowest BCUT2D eigenvalue weighted by Crippen LogP contribution is -2.22. The standard InChI is InChI=1S/C17H26N4/c1-7-16-8-15(10-18-11(2)3)9-17(19-16)21-14(6)12(4)13(5)20-21/h8-9,11,18H,7,10H2,1-6H3. The van der Waals surface area contributed by atoms with Gasteiger partial charge in [0.1, 0.15) is 0 Å². The highest BCUT2D eigenvalue weighted by atomic mass is 15.3. The molecule has 2 aromatic heterocycles. The second kappa shape index (κ2) is 6.39. The largest absolute Gasteiger partial charge is 0.310 e. The van der Waals surface area contributed by atoms with E-state index >= 15 is 0 Å². The molecule has 2 rings (SSSR count). The van der Waals surface area contributed by atoms with E-state index in [1.165, 1.54) is 11.1 Å². The van der Waals surface area contributed by atoms with E-state index in [1.54, 1.807) is 0 Å². The van der Waals surface area contributed by atoms with E-state index < -0.39 is 0 Å². The molecular weight excluding hydrogens is 260 g/mol. The van der Waals surface area contributed by atoms with E-state index in [0.717, 1.165) is 35.9 Å². The van der Waals surface area contributed by atoms with Gasteiger partial charge in [0.2, 0.25) is 0 Å². The van der Waals surface area contributed by atoms with Gasteiger partial charge < -0.3 is 5.32 Å². The van der Waals surface area contributed by atoms with Gasteiger partial charge in [-0.05, 0) is 50.5 Å². The number of nitrogens with zero attached hydrogens (tertiary/aromatic N) is 3. The summed E-state index contributed by atoms with van der Waals surface area (Å²) in [5, 5.41) is 8.09. The molecule has 21 heavy (non-hydrogen) atoms. The molecule has 0 fully saturated rings. The van der Waals surface area contributed by atoms with Crippen LogP contribution in [0.4, 0.5) is 0 Å². The summed E-state index contributed by atoms with van der Waals surface area (Å²) in [6.45, 7) is 13.6. The number of nitrogens with one attached hydrogen (secondary N) is 1. The second-order valence-electron chi connectivity index (χ2n) is 5.92. The molecule has 0 aliphatic carbocycles. The molecule has 0 saturated carbocycles. The van der Waals surface area contributed by atoms with Crippen molar-refractivity contribution in [3.8, 4) is 5.82 Å². The van der Waals surface area contributed by atoms with Crippen LogP contribution in [0.25, 0.3) is 5.82 Å². The van der Waals surface area contributed by atoms with Gasteiger partial charge in [-0.1, -0.05) is 20.8 Å². The molecule has 1 N–H and O–H groups in total. The first-order valence-electron chi connectivity index (χ1n) is 7.68. The first-order chi connectivity index (χ1) is 9.92. The zero-order valence-electron chi connectivity index (χ0n) is 14.0. The van der Waals surface area contributed by atoms with Gasteiger partial charge in [-0.3, -0.25) is 0 Å². The van der Waals surface area contributed by atoms with Gasteiger partial charge in [0, 0.05) is 24.0 Å². The highest BCUT2D eigenvalue weighted by molar-refractivity contribution is 5.35. The minimum atomic E-state index is 0.475. The van der Waals surface area contributed by atoms with Crippen molar-refractivity contribution in [2.45, 2.75) is 60.5 Å². The van der Waals surface area contributed by atoms with Gasteiger partial charge in [0.25, 0.3) is 0 Å². The molecular formula is C17H26N4. The Hall–Kier alpha value is -1.68. The van der Waals surface area contributed by atoms with Crippen LogP contribution < -0.4 is 5.32 Å². The fourth-order valence-corrected chi connectivity index (χ4v) is 2.29. The van der Waals surface area contributed by atoms with Crippen LogP contribution in [-0.4, -0.2) is 20.8 Å². The Balaban J connectivity index is 2.42. The third kappa shape index (κ3) is 3.50. The fraction of sp³-hybridized carbons (Fsp3) is 0.529. The van der Waals surface area contributed by atoms with Crippen LogP contribution in [0.1, 0.15) is 49.0 Å². The zero-order valence-corrected chi connectivity index (χ0v) is 14.0. The Kier molecular flexibility index (Phi) is 4.78. The molecule has 4 nitrogen and oxygen atoms in total. The second-order valence-corrected chi connectivity index (χ2v) is 5.92. The van der Waals surface area contributed by atoms with E-state index in [-0.39, 0.29) is 0 Å². The number of rotatable bonds is 5. The number of pyridine rings is 1. The summed E-state index contributed by atoms with van der Waals surface area (Å²) in [5.74, 6) is 0.920. The minimum Gasteiger partial charge on any atom is -0.310 e. The third-order valence-electron chi connectivity index (χ3n) is 3.87. The topological polar surface area (TPSA) is 42.7 Å². The highest BCUT2D eigenvalue weighted by Crippen LogP contribution is 2.17. The maximum atomic E-state index is 4.74. The van der Waals surface area contributed by atoms with Gasteiger partial charge in [0.05, 0.1) is 5.69 Å². The van der Waals surface area contributed by atoms with E-state index in [0.29, 0.717) is 6.04 Å². The van der Waals surface area contributed by atoms with Crippen molar-refractivity contribution in [3.05, 3.63) is 40.3 Å². The van der Waals surface area contributed by atoms with Gasteiger partial charge in [-0.25, -0.2) is 9.67 Å². The maximum Gasteiger partial charge on any atom is 0.154 e. The molecule has 0 aromatic carbocycles. The van der Waals surface area contributed by atoms with Crippen molar-refractivity contribution in [3.63, 3.8) is 0 Å². The quantitative estimate of drug-likeness (QED) is 0.917. The first-order valence-corrected chi connectivity index (χ1v) is 7.68. The summed E-state index contributed by atoms with van der Waals surface area (Å²) < 4.78 is 1.96. The van der Waals surface area contributed by atoms with Crippen molar-refractivity contribution in [2.75, 3.05) is 0 Å². The Labute approximate surface area is 127 Å². The Morgan fingerprint density at radius 2 is 1.90 bits per heavy atom. The predicted molar refractivity (Wildman–Crippen MR) is 86.9 cm³/mol. The van der Waals surface area contributed by atoms with Crippen LogP contribution in [-0.2, 0) is 13.0 Å². The normalized spacial score (nSPS) is 11.4. The lowest BCUT2D eigenvalue weighted by atomic mass is 10.2. The van der Waals surface area contributed by atoms with Crippen molar-refractivity contribution in [1.29, 1.82) is 0 Å². The van der Waals surface area contributed by atoms with Crippen LogP contribution in [0, 0.1) is 20.8 Å². The first kappa shape index (κ1) is 15.7. The average molecular weight is 286 g/mol. The average Bonchev–Trinajstić information content (AvgIpc) is 2.72. The number of aromatic nitrogens is 3. The SMILES string of the molecule is CCc1cc(CNC(C)C)cc(-n2nc(C)c(C)c2C)n1. The predicted octanol–water partition coefficient (Wildman–Crippen LogP) is 3.25. The van der Waals surface area contributed by atoms with E-state index in [1.807, 2.05) is 11.6 Å². The van der Waals surface area contributed by atoms with E-state index in [9.17, 15) is 0 Å². The number of hydrogen-bond acceptors (Lipinski definition) is 3. The summed E-state index contributed by atoms with van der Waals surface area (Å²) in [5.41, 5.74) is 5.84. The van der Waals surface area contributed by atoms with E-state index in [4.69, 9.17) is 4.98 Å². The molecule has 2 heterocycles. The Morgan fingerprint density at radius 1 is 1.19 bits per heavy atom. The van der Waals surface area contributed by atoms with Gasteiger partial charge >= 0.3 is 0 Å². The molecule has 0 aliphatic rings. The monoisotopic (exact) mass is 286 g/mol. The van der Waals surface area contributed by atoms with Crippen LogP contribution in [0.2, 0.25) is 0 Å². The van der Waals surface area contributed by atoms with Crippen molar-refractivity contribution >= 4 is 0 Å². The third-order valence-corrected chi connectivity index (χ3v) is 3.87. The molecule has 0 radical (unpaired) electrons. The van der Waals surface area contributed by atoms with Crippen LogP contribution in [0.3, 0.4) is 0 Å². The molecule has 0 aliphatic heterocycles. The van der Waals surface area contributed by atoms with Crippen LogP contribution in [0.15, 0.2) is 12.1 Å². The van der Waals surface area contributed by atoms with Gasteiger partial charge in [-0.2, -0.15) is 5.10 Å². The molecule has 0 unspecified atom stereocenters. The molecule has 0 saturated heterocycles. The lowest BCUT2D eigenvalue weighted by Gasteiger charge is -2.12. The van der Waals surface area contributed by atoms with E-state index in [2.05, 4.69) is 57.2 Å². The molecule has 0 spiro atoms. The number of hydrogen-bond donors (Lipinski definition) is 1. The molecule has 0 bridgehead atoms. The molecule has 0 amide bonds. The molecule has 4 heteroatoms. The van der Waals surface area contributed by atoms with Gasteiger partial charge in [-0.15, -0.1) is 0 Å². The summed E-state index contributed by atoms with van der Waals surface area (Å²) in [4.78, 5) is 4.74. The van der Waals surface area contributed by atoms with Crippen LogP contribution in [0.5, 0.6) is 0 Å². The van der Waals surface area contributed by atoms with Crippen LogP contribution >= 0.6 is 0 Å². The van der Waals surface area contributed by atoms with Crippen molar-refractivity contribution < 1.29 is 0 Å². The van der Waals surface area contributed by atoms with Gasteiger partial charge in [0.15, 0.2) is 5.82 Å². The lowest BCUT2D eigenvalue weighted by molar-refractivity contribution is 0.587. The van der Waals surface area contributed by atoms with Crippen molar-refractivity contribution in [2.24, 2.45) is 0 Å². The van der Waals surface area contributed by atoms with Crippen molar-refractivity contribution in [1.82, 2.24) is 20.1 Å². The summed E-state index contributed by atoms with van der Waals surface area (Å²) in [6, 6.07) is 4.79. The zero-order chi connectivity index (χ0) is 15.6. The summed E-state index contributed by atoms with van der Waals surface area (Å²) >= 11 is 0. The molecule has 2 aromatic rings. The minimum absolute atomic E-state index is 0.475. The highest BCUT2D eigenvalue weighted by Gasteiger charge is 2.11.